The number of benzene rings is 1. The molecule has 134 valence electrons. The van der Waals surface area contributed by atoms with Crippen LogP contribution >= 0.6 is 11.8 Å². The minimum atomic E-state index is -0.802. The third-order valence-electron chi connectivity index (χ3n) is 3.49. The first kappa shape index (κ1) is 18.0. The van der Waals surface area contributed by atoms with Gasteiger partial charge in [0.25, 0.3) is 0 Å². The van der Waals surface area contributed by atoms with Crippen molar-refractivity contribution < 1.29 is 13.6 Å². The van der Waals surface area contributed by atoms with Crippen molar-refractivity contribution >= 4 is 23.4 Å². The maximum atomic E-state index is 14.0. The summed E-state index contributed by atoms with van der Waals surface area (Å²) in [6, 6.07) is 10.1. The van der Waals surface area contributed by atoms with E-state index in [0.29, 0.717) is 17.4 Å². The van der Waals surface area contributed by atoms with Crippen molar-refractivity contribution in [2.24, 2.45) is 0 Å². The molecule has 0 aliphatic heterocycles. The third-order valence-corrected chi connectivity index (χ3v) is 4.45. The van der Waals surface area contributed by atoms with Gasteiger partial charge in [0, 0.05) is 18.3 Å². The Balaban J connectivity index is 1.74. The molecule has 0 unspecified atom stereocenters. The number of carbonyl (C=O) groups excluding carboxylic acids is 1. The molecule has 0 saturated heterocycles. The van der Waals surface area contributed by atoms with E-state index in [0.717, 1.165) is 12.3 Å². The minimum Gasteiger partial charge on any atom is -0.325 e. The van der Waals surface area contributed by atoms with Crippen molar-refractivity contribution in [3.63, 3.8) is 0 Å². The number of thioether (sulfide) groups is 1. The van der Waals surface area contributed by atoms with E-state index in [-0.39, 0.29) is 23.0 Å². The molecular formula is C17H15F2N5OS. The number of anilines is 1. The van der Waals surface area contributed by atoms with Crippen LogP contribution in [0.3, 0.4) is 0 Å². The van der Waals surface area contributed by atoms with Gasteiger partial charge < -0.3 is 9.88 Å². The molecule has 3 aromatic rings. The van der Waals surface area contributed by atoms with Gasteiger partial charge in [0.15, 0.2) is 16.8 Å². The lowest BCUT2D eigenvalue weighted by molar-refractivity contribution is -0.113. The smallest absolute Gasteiger partial charge is 0.234 e. The molecule has 0 atom stereocenters. The highest BCUT2D eigenvalue weighted by Gasteiger charge is 2.18. The molecule has 0 saturated carbocycles. The molecule has 1 amide bonds. The summed E-state index contributed by atoms with van der Waals surface area (Å²) in [6.07, 6.45) is 0.805. The SMILES string of the molecule is CCn1c(SCC(=O)Nc2ccccc2)nnc1-c1cc(F)ncc1F. The van der Waals surface area contributed by atoms with Crippen molar-refractivity contribution in [2.45, 2.75) is 18.6 Å². The van der Waals surface area contributed by atoms with Crippen LogP contribution < -0.4 is 5.32 Å². The van der Waals surface area contributed by atoms with Crippen LogP contribution in [0.5, 0.6) is 0 Å². The van der Waals surface area contributed by atoms with Crippen molar-refractivity contribution in [2.75, 3.05) is 11.1 Å². The Labute approximate surface area is 152 Å². The zero-order chi connectivity index (χ0) is 18.5. The van der Waals surface area contributed by atoms with Gasteiger partial charge in [-0.05, 0) is 19.1 Å². The average molecular weight is 375 g/mol. The van der Waals surface area contributed by atoms with Crippen LogP contribution in [0.4, 0.5) is 14.5 Å². The number of rotatable bonds is 6. The molecule has 0 radical (unpaired) electrons. The fourth-order valence-electron chi connectivity index (χ4n) is 2.31. The predicted octanol–water partition coefficient (Wildman–Crippen LogP) is 3.37. The lowest BCUT2D eigenvalue weighted by atomic mass is 10.2. The summed E-state index contributed by atoms with van der Waals surface area (Å²) in [4.78, 5) is 15.3. The molecule has 0 aliphatic carbocycles. The van der Waals surface area contributed by atoms with Gasteiger partial charge in [-0.2, -0.15) is 4.39 Å². The molecule has 6 nitrogen and oxygen atoms in total. The molecule has 2 aromatic heterocycles. The molecular weight excluding hydrogens is 360 g/mol. The van der Waals surface area contributed by atoms with E-state index in [2.05, 4.69) is 20.5 Å². The van der Waals surface area contributed by atoms with Crippen LogP contribution in [0.1, 0.15) is 6.92 Å². The number of para-hydroxylation sites is 1. The van der Waals surface area contributed by atoms with Crippen molar-refractivity contribution in [1.82, 2.24) is 19.7 Å². The first-order valence-electron chi connectivity index (χ1n) is 7.80. The lowest BCUT2D eigenvalue weighted by Crippen LogP contribution is -2.14. The molecule has 1 aromatic carbocycles. The maximum Gasteiger partial charge on any atom is 0.234 e. The Kier molecular flexibility index (Phi) is 5.57. The highest BCUT2D eigenvalue weighted by atomic mass is 32.2. The van der Waals surface area contributed by atoms with E-state index in [4.69, 9.17) is 0 Å². The maximum absolute atomic E-state index is 14.0. The summed E-state index contributed by atoms with van der Waals surface area (Å²) >= 11 is 1.17. The van der Waals surface area contributed by atoms with Crippen molar-refractivity contribution in [3.8, 4) is 11.4 Å². The average Bonchev–Trinajstić information content (AvgIpc) is 3.05. The van der Waals surface area contributed by atoms with Crippen LogP contribution in [0, 0.1) is 11.8 Å². The van der Waals surface area contributed by atoms with Gasteiger partial charge in [0.2, 0.25) is 11.9 Å². The molecule has 26 heavy (non-hydrogen) atoms. The van der Waals surface area contributed by atoms with Crippen LogP contribution in [-0.2, 0) is 11.3 Å². The number of hydrogen-bond acceptors (Lipinski definition) is 5. The monoisotopic (exact) mass is 375 g/mol. The second kappa shape index (κ2) is 8.05. The largest absolute Gasteiger partial charge is 0.325 e. The first-order chi connectivity index (χ1) is 12.6. The number of halogens is 2. The van der Waals surface area contributed by atoms with Gasteiger partial charge in [0.1, 0.15) is 0 Å². The number of nitrogens with zero attached hydrogens (tertiary/aromatic N) is 4. The summed E-state index contributed by atoms with van der Waals surface area (Å²) in [7, 11) is 0. The number of amides is 1. The van der Waals surface area contributed by atoms with Gasteiger partial charge in [-0.1, -0.05) is 30.0 Å². The molecule has 1 N–H and O–H groups in total. The molecule has 0 aliphatic rings. The molecule has 0 bridgehead atoms. The Morgan fingerprint density at radius 1 is 1.23 bits per heavy atom. The van der Waals surface area contributed by atoms with Crippen LogP contribution in [0.25, 0.3) is 11.4 Å². The fourth-order valence-corrected chi connectivity index (χ4v) is 3.12. The van der Waals surface area contributed by atoms with Crippen molar-refractivity contribution in [3.05, 3.63) is 54.4 Å². The normalized spacial score (nSPS) is 10.7. The molecule has 9 heteroatoms. The zero-order valence-corrected chi connectivity index (χ0v) is 14.6. The van der Waals surface area contributed by atoms with Crippen LogP contribution in [0.15, 0.2) is 47.8 Å². The molecule has 0 fully saturated rings. The Bertz CT molecular complexity index is 917. The standard InChI is InChI=1S/C17H15F2N5OS/c1-2-24-16(12-8-14(19)20-9-13(12)18)22-23-17(24)26-10-15(25)21-11-6-4-3-5-7-11/h3-9H,2,10H2,1H3,(H,21,25). The number of nitrogens with one attached hydrogen (secondary N) is 1. The van der Waals surface area contributed by atoms with Gasteiger partial charge in [-0.3, -0.25) is 4.79 Å². The summed E-state index contributed by atoms with van der Waals surface area (Å²) in [5, 5.41) is 11.2. The quantitative estimate of drug-likeness (QED) is 0.528. The zero-order valence-electron chi connectivity index (χ0n) is 13.8. The van der Waals surface area contributed by atoms with Gasteiger partial charge >= 0.3 is 0 Å². The van der Waals surface area contributed by atoms with Crippen LogP contribution in [-0.4, -0.2) is 31.4 Å². The minimum absolute atomic E-state index is 0.0209. The lowest BCUT2D eigenvalue weighted by Gasteiger charge is -2.08. The van der Waals surface area contributed by atoms with E-state index in [9.17, 15) is 13.6 Å². The highest BCUT2D eigenvalue weighted by molar-refractivity contribution is 7.99. The summed E-state index contributed by atoms with van der Waals surface area (Å²) < 4.78 is 28.9. The Hall–Kier alpha value is -2.81. The van der Waals surface area contributed by atoms with Gasteiger partial charge in [-0.15, -0.1) is 10.2 Å². The fraction of sp³-hybridized carbons (Fsp3) is 0.176. The first-order valence-corrected chi connectivity index (χ1v) is 8.79. The second-order valence-corrected chi connectivity index (χ2v) is 6.18. The number of hydrogen-bond donors (Lipinski definition) is 1. The highest BCUT2D eigenvalue weighted by Crippen LogP contribution is 2.26. The van der Waals surface area contributed by atoms with Gasteiger partial charge in [0.05, 0.1) is 17.5 Å². The summed E-state index contributed by atoms with van der Waals surface area (Å²) in [5.74, 6) is -1.39. The van der Waals surface area contributed by atoms with E-state index in [1.165, 1.54) is 11.8 Å². The van der Waals surface area contributed by atoms with E-state index in [1.807, 2.05) is 25.1 Å². The summed E-state index contributed by atoms with van der Waals surface area (Å²) in [6.45, 7) is 2.27. The van der Waals surface area contributed by atoms with Gasteiger partial charge in [-0.25, -0.2) is 9.37 Å². The van der Waals surface area contributed by atoms with E-state index < -0.39 is 11.8 Å². The molecule has 3 rings (SSSR count). The second-order valence-electron chi connectivity index (χ2n) is 5.24. The van der Waals surface area contributed by atoms with E-state index in [1.54, 1.807) is 16.7 Å². The van der Waals surface area contributed by atoms with Crippen LogP contribution in [0.2, 0.25) is 0 Å². The number of carbonyl (C=O) groups is 1. The number of pyridine rings is 1. The number of aromatic nitrogens is 4. The third kappa shape index (κ3) is 4.05. The topological polar surface area (TPSA) is 72.7 Å². The predicted molar refractivity (Wildman–Crippen MR) is 94.6 cm³/mol. The molecule has 0 spiro atoms. The molecule has 2 heterocycles. The Morgan fingerprint density at radius 3 is 2.73 bits per heavy atom. The Morgan fingerprint density at radius 2 is 2.00 bits per heavy atom. The summed E-state index contributed by atoms with van der Waals surface area (Å²) in [5.41, 5.74) is 0.678. The van der Waals surface area contributed by atoms with E-state index >= 15 is 0 Å². The van der Waals surface area contributed by atoms with Crippen molar-refractivity contribution in [1.29, 1.82) is 0 Å².